The van der Waals surface area contributed by atoms with E-state index in [1.54, 1.807) is 0 Å². The Morgan fingerprint density at radius 3 is 0.974 bits per heavy atom. The summed E-state index contributed by atoms with van der Waals surface area (Å²) >= 11 is 0. The summed E-state index contributed by atoms with van der Waals surface area (Å²) in [6.45, 7) is 2.28. The van der Waals surface area contributed by atoms with Gasteiger partial charge in [-0.2, -0.15) is 0 Å². The van der Waals surface area contributed by atoms with Crippen molar-refractivity contribution in [2.75, 3.05) is 0 Å². The fourth-order valence-electron chi connectivity index (χ4n) is 5.89. The van der Waals surface area contributed by atoms with E-state index in [1.807, 2.05) is 0 Å². The molecule has 0 aliphatic rings. The lowest BCUT2D eigenvalue weighted by Crippen LogP contribution is -2.13. The minimum absolute atomic E-state index is 0.112. The normalized spacial score (nSPS) is 12.1. The highest BCUT2D eigenvalue weighted by Gasteiger charge is 2.16. The van der Waals surface area contributed by atoms with Crippen LogP contribution < -0.4 is 0 Å². The van der Waals surface area contributed by atoms with Crippen molar-refractivity contribution in [2.24, 2.45) is 5.92 Å². The second kappa shape index (κ2) is 33.3. The van der Waals surface area contributed by atoms with Gasteiger partial charge in [0, 0.05) is 6.42 Å². The minimum atomic E-state index is -0.567. The summed E-state index contributed by atoms with van der Waals surface area (Å²) < 4.78 is 0. The maximum atomic E-state index is 11.7. The smallest absolute Gasteiger partial charge is 0.306 e. The molecule has 1 atom stereocenters. The fourth-order valence-corrected chi connectivity index (χ4v) is 5.89. The number of hydrogen-bond donors (Lipinski definition) is 1. The van der Waals surface area contributed by atoms with Crippen LogP contribution >= 0.6 is 0 Å². The van der Waals surface area contributed by atoms with E-state index in [9.17, 15) is 14.7 Å². The first kappa shape index (κ1) is 38.1. The number of aliphatic carboxylic acids is 1. The molecule has 3 nitrogen and oxygen atoms in total. The largest absolute Gasteiger partial charge is 0.481 e. The van der Waals surface area contributed by atoms with Crippen molar-refractivity contribution in [3.63, 3.8) is 0 Å². The molecule has 3 heteroatoms. The van der Waals surface area contributed by atoms with E-state index in [-0.39, 0.29) is 5.92 Å². The van der Waals surface area contributed by atoms with Gasteiger partial charge in [-0.15, -0.1) is 0 Å². The van der Waals surface area contributed by atoms with Crippen LogP contribution in [0.1, 0.15) is 212 Å². The second-order valence-electron chi connectivity index (χ2n) is 12.5. The number of rotatable bonds is 34. The molecular formula is C36H70O3. The molecule has 0 fully saturated rings. The summed E-state index contributed by atoms with van der Waals surface area (Å²) in [5.74, 6) is -0.679. The molecule has 0 rings (SSSR count). The summed E-state index contributed by atoms with van der Waals surface area (Å²) in [5, 5.41) is 9.60. The summed E-state index contributed by atoms with van der Waals surface area (Å²) in [6.07, 6.45) is 41.9. The van der Waals surface area contributed by atoms with Gasteiger partial charge in [0.25, 0.3) is 0 Å². The van der Waals surface area contributed by atoms with E-state index in [1.165, 1.54) is 167 Å². The number of carbonyl (C=O) groups is 2. The van der Waals surface area contributed by atoms with Crippen LogP contribution in [0.15, 0.2) is 0 Å². The van der Waals surface area contributed by atoms with Gasteiger partial charge >= 0.3 is 5.97 Å². The van der Waals surface area contributed by atoms with Gasteiger partial charge in [0.2, 0.25) is 0 Å². The molecule has 0 aromatic heterocycles. The Kier molecular flexibility index (Phi) is 32.6. The number of carbonyl (C=O) groups excluding carboxylic acids is 1. The van der Waals surface area contributed by atoms with Crippen LogP contribution in [0.5, 0.6) is 0 Å². The molecule has 0 aromatic rings. The maximum absolute atomic E-state index is 11.7. The van der Waals surface area contributed by atoms with Crippen molar-refractivity contribution in [2.45, 2.75) is 212 Å². The molecule has 0 spiro atoms. The number of hydrogen-bond acceptors (Lipinski definition) is 2. The van der Waals surface area contributed by atoms with Crippen molar-refractivity contribution < 1.29 is 14.7 Å². The predicted molar refractivity (Wildman–Crippen MR) is 171 cm³/mol. The van der Waals surface area contributed by atoms with Gasteiger partial charge in [-0.1, -0.05) is 187 Å². The standard InChI is InChI=1S/C36H70O3/c1-2-3-4-5-6-7-8-9-14-17-20-23-26-29-32-35(36(38)39)33-30-27-24-21-18-15-12-10-11-13-16-19-22-25-28-31-34-37/h34-35H,2-33H2,1H3,(H,38,39). The van der Waals surface area contributed by atoms with Crippen molar-refractivity contribution in [3.8, 4) is 0 Å². The van der Waals surface area contributed by atoms with Gasteiger partial charge in [-0.25, -0.2) is 0 Å². The van der Waals surface area contributed by atoms with Crippen molar-refractivity contribution >= 4 is 12.3 Å². The summed E-state index contributed by atoms with van der Waals surface area (Å²) in [6, 6.07) is 0. The van der Waals surface area contributed by atoms with E-state index in [4.69, 9.17) is 0 Å². The van der Waals surface area contributed by atoms with Crippen LogP contribution in [-0.4, -0.2) is 17.4 Å². The van der Waals surface area contributed by atoms with Crippen LogP contribution in [0.25, 0.3) is 0 Å². The molecule has 0 aliphatic carbocycles. The van der Waals surface area contributed by atoms with Gasteiger partial charge in [-0.3, -0.25) is 4.79 Å². The fraction of sp³-hybridized carbons (Fsp3) is 0.944. The third-order valence-electron chi connectivity index (χ3n) is 8.63. The number of aldehydes is 1. The monoisotopic (exact) mass is 551 g/mol. The third-order valence-corrected chi connectivity index (χ3v) is 8.63. The van der Waals surface area contributed by atoms with Gasteiger partial charge in [0.1, 0.15) is 6.29 Å². The lowest BCUT2D eigenvalue weighted by Gasteiger charge is -2.12. The van der Waals surface area contributed by atoms with E-state index in [2.05, 4.69) is 6.92 Å². The molecule has 0 heterocycles. The first-order chi connectivity index (χ1) is 19.2. The van der Waals surface area contributed by atoms with Gasteiger partial charge in [0.15, 0.2) is 0 Å². The highest BCUT2D eigenvalue weighted by molar-refractivity contribution is 5.69. The molecule has 0 aromatic carbocycles. The average Bonchev–Trinajstić information content (AvgIpc) is 2.93. The van der Waals surface area contributed by atoms with Gasteiger partial charge < -0.3 is 9.90 Å². The molecule has 0 saturated heterocycles. The minimum Gasteiger partial charge on any atom is -0.481 e. The molecule has 0 amide bonds. The van der Waals surface area contributed by atoms with Crippen molar-refractivity contribution in [3.05, 3.63) is 0 Å². The van der Waals surface area contributed by atoms with E-state index in [0.717, 1.165) is 44.8 Å². The molecule has 0 bridgehead atoms. The number of carboxylic acid groups (broad SMARTS) is 1. The molecule has 0 radical (unpaired) electrons. The Labute approximate surface area is 245 Å². The lowest BCUT2D eigenvalue weighted by molar-refractivity contribution is -0.142. The first-order valence-electron chi connectivity index (χ1n) is 17.9. The lowest BCUT2D eigenvalue weighted by atomic mass is 9.94. The zero-order valence-electron chi connectivity index (χ0n) is 26.5. The molecule has 0 aliphatic heterocycles. The summed E-state index contributed by atoms with van der Waals surface area (Å²) in [4.78, 5) is 21.9. The van der Waals surface area contributed by atoms with E-state index >= 15 is 0 Å². The highest BCUT2D eigenvalue weighted by atomic mass is 16.4. The summed E-state index contributed by atoms with van der Waals surface area (Å²) in [7, 11) is 0. The number of carboxylic acids is 1. The highest BCUT2D eigenvalue weighted by Crippen LogP contribution is 2.20. The zero-order chi connectivity index (χ0) is 28.5. The van der Waals surface area contributed by atoms with E-state index in [0.29, 0.717) is 0 Å². The van der Waals surface area contributed by atoms with Crippen molar-refractivity contribution in [1.29, 1.82) is 0 Å². The number of unbranched alkanes of at least 4 members (excludes halogenated alkanes) is 28. The second-order valence-corrected chi connectivity index (χ2v) is 12.5. The van der Waals surface area contributed by atoms with Crippen LogP contribution in [0.2, 0.25) is 0 Å². The van der Waals surface area contributed by atoms with Crippen LogP contribution in [0.4, 0.5) is 0 Å². The Bertz CT molecular complexity index is 490. The third kappa shape index (κ3) is 31.5. The Hall–Kier alpha value is -0.860. The first-order valence-corrected chi connectivity index (χ1v) is 17.9. The molecule has 1 N–H and O–H groups in total. The zero-order valence-corrected chi connectivity index (χ0v) is 26.5. The Morgan fingerprint density at radius 2 is 0.718 bits per heavy atom. The van der Waals surface area contributed by atoms with Crippen LogP contribution in [0, 0.1) is 5.92 Å². The SMILES string of the molecule is CCCCCCCCCCCCCCCCC(CCCCCCCCCCCCCCCCCC=O)C(=O)O. The predicted octanol–water partition coefficient (Wildman–Crippen LogP) is 12.4. The molecule has 0 saturated carbocycles. The quantitative estimate of drug-likeness (QED) is 0.0640. The molecule has 39 heavy (non-hydrogen) atoms. The topological polar surface area (TPSA) is 54.4 Å². The van der Waals surface area contributed by atoms with E-state index < -0.39 is 5.97 Å². The van der Waals surface area contributed by atoms with Gasteiger partial charge in [0.05, 0.1) is 5.92 Å². The maximum Gasteiger partial charge on any atom is 0.306 e. The van der Waals surface area contributed by atoms with Gasteiger partial charge in [-0.05, 0) is 19.3 Å². The Morgan fingerprint density at radius 1 is 0.462 bits per heavy atom. The average molecular weight is 551 g/mol. The summed E-state index contributed by atoms with van der Waals surface area (Å²) in [5.41, 5.74) is 0. The van der Waals surface area contributed by atoms with Crippen LogP contribution in [-0.2, 0) is 9.59 Å². The molecular weight excluding hydrogens is 480 g/mol. The Balaban J connectivity index is 3.38. The van der Waals surface area contributed by atoms with Crippen LogP contribution in [0.3, 0.4) is 0 Å². The molecule has 232 valence electrons. The molecule has 1 unspecified atom stereocenters. The van der Waals surface area contributed by atoms with Crippen molar-refractivity contribution in [1.82, 2.24) is 0 Å².